The molecule has 4 nitrogen and oxygen atoms in total. The van der Waals surface area contributed by atoms with Crippen LogP contribution in [0.2, 0.25) is 0 Å². The van der Waals surface area contributed by atoms with E-state index in [1.165, 1.54) is 0 Å². The predicted octanol–water partition coefficient (Wildman–Crippen LogP) is 1.70. The van der Waals surface area contributed by atoms with Gasteiger partial charge in [-0.1, -0.05) is 0 Å². The second kappa shape index (κ2) is 3.06. The molecule has 0 aliphatic carbocycles. The van der Waals surface area contributed by atoms with Gasteiger partial charge in [-0.3, -0.25) is 0 Å². The number of hydrogen-bond donors (Lipinski definition) is 1. The Bertz CT molecular complexity index is 403. The van der Waals surface area contributed by atoms with Crippen LogP contribution in [0.5, 0.6) is 0 Å². The van der Waals surface area contributed by atoms with Gasteiger partial charge in [-0.05, 0) is 13.0 Å². The smallest absolute Gasteiger partial charge is 0.208 e. The molecule has 2 N–H and O–H groups in total. The van der Waals surface area contributed by atoms with E-state index in [1.54, 1.807) is 12.5 Å². The van der Waals surface area contributed by atoms with Crippen LogP contribution < -0.4 is 5.73 Å². The molecule has 0 spiro atoms. The highest BCUT2D eigenvalue weighted by molar-refractivity contribution is 5.55. The molecule has 0 aliphatic rings. The molecule has 0 saturated carbocycles. The summed E-state index contributed by atoms with van der Waals surface area (Å²) < 4.78 is 10.5. The van der Waals surface area contributed by atoms with E-state index < -0.39 is 0 Å². The lowest BCUT2D eigenvalue weighted by Gasteiger charge is -1.86. The monoisotopic (exact) mass is 178 g/mol. The summed E-state index contributed by atoms with van der Waals surface area (Å²) in [5.74, 6) is 2.08. The minimum atomic E-state index is 0.316. The van der Waals surface area contributed by atoms with Crippen molar-refractivity contribution < 1.29 is 8.83 Å². The van der Waals surface area contributed by atoms with Gasteiger partial charge in [0.1, 0.15) is 12.0 Å². The maximum Gasteiger partial charge on any atom is 0.208 e. The van der Waals surface area contributed by atoms with Crippen molar-refractivity contribution in [2.24, 2.45) is 5.73 Å². The molecule has 0 amide bonds. The van der Waals surface area contributed by atoms with Gasteiger partial charge in [0.25, 0.3) is 0 Å². The third kappa shape index (κ3) is 1.48. The van der Waals surface area contributed by atoms with Crippen LogP contribution >= 0.6 is 0 Å². The van der Waals surface area contributed by atoms with Crippen LogP contribution in [0.4, 0.5) is 0 Å². The van der Waals surface area contributed by atoms with Crippen LogP contribution in [0, 0.1) is 6.92 Å². The Kier molecular flexibility index (Phi) is 1.90. The van der Waals surface area contributed by atoms with Gasteiger partial charge in [-0.2, -0.15) is 0 Å². The van der Waals surface area contributed by atoms with Crippen molar-refractivity contribution in [2.75, 3.05) is 0 Å². The molecular weight excluding hydrogens is 168 g/mol. The summed E-state index contributed by atoms with van der Waals surface area (Å²) in [4.78, 5) is 3.99. The zero-order chi connectivity index (χ0) is 9.26. The Morgan fingerprint density at radius 2 is 2.38 bits per heavy atom. The van der Waals surface area contributed by atoms with E-state index in [1.807, 2.05) is 13.0 Å². The lowest BCUT2D eigenvalue weighted by molar-refractivity contribution is 0.506. The maximum atomic E-state index is 5.37. The van der Waals surface area contributed by atoms with Gasteiger partial charge in [-0.25, -0.2) is 4.98 Å². The molecule has 2 aromatic heterocycles. The van der Waals surface area contributed by atoms with Gasteiger partial charge in [0.15, 0.2) is 5.76 Å². The van der Waals surface area contributed by atoms with Crippen molar-refractivity contribution in [1.29, 1.82) is 0 Å². The first-order valence-corrected chi connectivity index (χ1v) is 4.00. The van der Waals surface area contributed by atoms with Crippen molar-refractivity contribution in [2.45, 2.75) is 13.5 Å². The van der Waals surface area contributed by atoms with Crippen LogP contribution in [-0.2, 0) is 6.54 Å². The minimum absolute atomic E-state index is 0.316. The third-order valence-electron chi connectivity index (χ3n) is 1.74. The fourth-order valence-corrected chi connectivity index (χ4v) is 1.11. The summed E-state index contributed by atoms with van der Waals surface area (Å²) in [5.41, 5.74) is 6.26. The number of aryl methyl sites for hydroxylation is 1. The number of rotatable bonds is 2. The molecule has 0 unspecified atom stereocenters. The van der Waals surface area contributed by atoms with E-state index in [4.69, 9.17) is 14.6 Å². The minimum Gasteiger partial charge on any atom is -0.469 e. The first-order chi connectivity index (χ1) is 6.29. The van der Waals surface area contributed by atoms with E-state index in [-0.39, 0.29) is 0 Å². The Hall–Kier alpha value is -1.55. The van der Waals surface area contributed by atoms with E-state index in [0.29, 0.717) is 18.2 Å². The highest BCUT2D eigenvalue weighted by Gasteiger charge is 2.06. The molecule has 2 heterocycles. The van der Waals surface area contributed by atoms with Gasteiger partial charge in [0.05, 0.1) is 18.3 Å². The summed E-state index contributed by atoms with van der Waals surface area (Å²) >= 11 is 0. The largest absolute Gasteiger partial charge is 0.469 e. The molecular formula is C9H10N2O2. The van der Waals surface area contributed by atoms with Crippen molar-refractivity contribution in [3.63, 3.8) is 0 Å². The van der Waals surface area contributed by atoms with Crippen LogP contribution in [-0.4, -0.2) is 4.98 Å². The molecule has 13 heavy (non-hydrogen) atoms. The van der Waals surface area contributed by atoms with Crippen molar-refractivity contribution in [3.05, 3.63) is 30.2 Å². The topological polar surface area (TPSA) is 65.2 Å². The zero-order valence-corrected chi connectivity index (χ0v) is 7.28. The fourth-order valence-electron chi connectivity index (χ4n) is 1.11. The Labute approximate surface area is 75.4 Å². The normalized spacial score (nSPS) is 10.6. The number of hydrogen-bond acceptors (Lipinski definition) is 4. The van der Waals surface area contributed by atoms with Gasteiger partial charge < -0.3 is 14.6 Å². The molecule has 0 fully saturated rings. The molecule has 0 radical (unpaired) electrons. The van der Waals surface area contributed by atoms with Crippen LogP contribution in [0.25, 0.3) is 11.3 Å². The first-order valence-electron chi connectivity index (χ1n) is 4.00. The molecule has 0 saturated heterocycles. The second-order valence-corrected chi connectivity index (χ2v) is 2.77. The molecule has 4 heteroatoms. The number of oxazole rings is 1. The molecule has 0 bridgehead atoms. The summed E-state index contributed by atoms with van der Waals surface area (Å²) in [6, 6.07) is 1.89. The van der Waals surface area contributed by atoms with Gasteiger partial charge in [0, 0.05) is 0 Å². The standard InChI is InChI=1S/C9H10N2O2/c1-6-2-7(5-12-6)8-4-11-9(3-10)13-8/h2,4-5H,3,10H2,1H3. The molecule has 2 rings (SSSR count). The first kappa shape index (κ1) is 8.07. The van der Waals surface area contributed by atoms with Gasteiger partial charge >= 0.3 is 0 Å². The summed E-state index contributed by atoms with van der Waals surface area (Å²) in [5, 5.41) is 0. The quantitative estimate of drug-likeness (QED) is 0.760. The van der Waals surface area contributed by atoms with Gasteiger partial charge in [0.2, 0.25) is 5.89 Å². The van der Waals surface area contributed by atoms with E-state index in [9.17, 15) is 0 Å². The van der Waals surface area contributed by atoms with Crippen LogP contribution in [0.1, 0.15) is 11.7 Å². The van der Waals surface area contributed by atoms with Gasteiger partial charge in [-0.15, -0.1) is 0 Å². The Morgan fingerprint density at radius 3 is 2.92 bits per heavy atom. The van der Waals surface area contributed by atoms with Crippen molar-refractivity contribution in [1.82, 2.24) is 4.98 Å². The highest BCUT2D eigenvalue weighted by atomic mass is 16.4. The predicted molar refractivity (Wildman–Crippen MR) is 46.8 cm³/mol. The molecule has 68 valence electrons. The highest BCUT2D eigenvalue weighted by Crippen LogP contribution is 2.22. The number of nitrogens with zero attached hydrogens (tertiary/aromatic N) is 1. The number of nitrogens with two attached hydrogens (primary N) is 1. The average Bonchev–Trinajstić information content (AvgIpc) is 2.71. The SMILES string of the molecule is Cc1cc(-c2cnc(CN)o2)co1. The zero-order valence-electron chi connectivity index (χ0n) is 7.28. The molecule has 0 aromatic carbocycles. The fraction of sp³-hybridized carbons (Fsp3) is 0.222. The number of aromatic nitrogens is 1. The van der Waals surface area contributed by atoms with E-state index >= 15 is 0 Å². The lowest BCUT2D eigenvalue weighted by atomic mass is 10.3. The summed E-state index contributed by atoms with van der Waals surface area (Å²) in [6.07, 6.45) is 3.28. The second-order valence-electron chi connectivity index (χ2n) is 2.77. The Balaban J connectivity index is 2.35. The average molecular weight is 178 g/mol. The summed E-state index contributed by atoms with van der Waals surface area (Å²) in [6.45, 7) is 2.19. The van der Waals surface area contributed by atoms with Crippen molar-refractivity contribution >= 4 is 0 Å². The molecule has 0 atom stereocenters. The van der Waals surface area contributed by atoms with E-state index in [0.717, 1.165) is 11.3 Å². The van der Waals surface area contributed by atoms with Crippen LogP contribution in [0.3, 0.4) is 0 Å². The third-order valence-corrected chi connectivity index (χ3v) is 1.74. The maximum absolute atomic E-state index is 5.37. The Morgan fingerprint density at radius 1 is 1.54 bits per heavy atom. The molecule has 2 aromatic rings. The van der Waals surface area contributed by atoms with E-state index in [2.05, 4.69) is 4.98 Å². The summed E-state index contributed by atoms with van der Waals surface area (Å²) in [7, 11) is 0. The molecule has 0 aliphatic heterocycles. The van der Waals surface area contributed by atoms with Crippen molar-refractivity contribution in [3.8, 4) is 11.3 Å². The number of furan rings is 1. The lowest BCUT2D eigenvalue weighted by Crippen LogP contribution is -1.94. The van der Waals surface area contributed by atoms with Crippen LogP contribution in [0.15, 0.2) is 27.4 Å².